The van der Waals surface area contributed by atoms with Crippen molar-refractivity contribution in [2.45, 2.75) is 70.9 Å². The van der Waals surface area contributed by atoms with Crippen molar-refractivity contribution < 1.29 is 24.2 Å². The van der Waals surface area contributed by atoms with Gasteiger partial charge in [-0.05, 0) is 46.5 Å². The molecule has 0 aromatic carbocycles. The number of hydrogen-bond acceptors (Lipinski definition) is 4. The van der Waals surface area contributed by atoms with Crippen molar-refractivity contribution in [1.29, 1.82) is 0 Å². The summed E-state index contributed by atoms with van der Waals surface area (Å²) in [6.45, 7) is 5.05. The van der Waals surface area contributed by atoms with Crippen LogP contribution in [0.3, 0.4) is 0 Å². The number of rotatable bonds is 1. The van der Waals surface area contributed by atoms with Gasteiger partial charge in [0.05, 0.1) is 0 Å². The van der Waals surface area contributed by atoms with E-state index in [4.69, 9.17) is 4.74 Å². The summed E-state index contributed by atoms with van der Waals surface area (Å²) in [7, 11) is 0. The fourth-order valence-electron chi connectivity index (χ4n) is 2.95. The fourth-order valence-corrected chi connectivity index (χ4v) is 2.95. The quantitative estimate of drug-likeness (QED) is 0.753. The van der Waals surface area contributed by atoms with E-state index in [-0.39, 0.29) is 6.42 Å². The van der Waals surface area contributed by atoms with Crippen molar-refractivity contribution in [3.05, 3.63) is 11.1 Å². The number of amides is 2. The summed E-state index contributed by atoms with van der Waals surface area (Å²) in [5.74, 6) is -1.68. The topological polar surface area (TPSA) is 83.9 Å². The lowest BCUT2D eigenvalue weighted by Gasteiger charge is -2.25. The Morgan fingerprint density at radius 2 is 1.77 bits per heavy atom. The average Bonchev–Trinajstić information content (AvgIpc) is 2.75. The molecule has 2 amide bonds. The Labute approximate surface area is 130 Å². The molecule has 1 saturated carbocycles. The van der Waals surface area contributed by atoms with Crippen molar-refractivity contribution in [3.63, 3.8) is 0 Å². The van der Waals surface area contributed by atoms with Gasteiger partial charge in [0.1, 0.15) is 11.6 Å². The van der Waals surface area contributed by atoms with Gasteiger partial charge < -0.3 is 9.84 Å². The van der Waals surface area contributed by atoms with Gasteiger partial charge in [0.15, 0.2) is 0 Å². The maximum absolute atomic E-state index is 12.6. The number of ether oxygens (including phenoxy) is 1. The minimum Gasteiger partial charge on any atom is -0.480 e. The number of carbonyl (C=O) groups is 3. The summed E-state index contributed by atoms with van der Waals surface area (Å²) in [6.07, 6.45) is 3.99. The third kappa shape index (κ3) is 3.48. The van der Waals surface area contributed by atoms with Gasteiger partial charge in [-0.1, -0.05) is 12.0 Å². The van der Waals surface area contributed by atoms with Crippen LogP contribution >= 0.6 is 0 Å². The zero-order valence-corrected chi connectivity index (χ0v) is 13.3. The second-order valence-corrected chi connectivity index (χ2v) is 6.86. The molecule has 6 heteroatoms. The minimum absolute atomic E-state index is 0.0861. The lowest BCUT2D eigenvalue weighted by Crippen LogP contribution is -2.45. The van der Waals surface area contributed by atoms with E-state index in [1.165, 1.54) is 0 Å². The molecule has 1 N–H and O–H groups in total. The second kappa shape index (κ2) is 6.10. The number of aliphatic carboxylic acids is 1. The van der Waals surface area contributed by atoms with Gasteiger partial charge >= 0.3 is 12.1 Å². The zero-order valence-electron chi connectivity index (χ0n) is 13.3. The monoisotopic (exact) mass is 309 g/mol. The lowest BCUT2D eigenvalue weighted by atomic mass is 9.90. The van der Waals surface area contributed by atoms with Crippen LogP contribution in [0.4, 0.5) is 4.79 Å². The SMILES string of the molecule is CC(C)(C)OC(=O)N1C(=O)C(=C2CCCCC2)C[C@H]1C(=O)O. The number of likely N-dealkylation sites (tertiary alicyclic amines) is 1. The summed E-state index contributed by atoms with van der Waals surface area (Å²) in [5.41, 5.74) is 0.729. The normalized spacial score (nSPS) is 23.0. The number of carboxylic acid groups (broad SMARTS) is 1. The number of hydrogen-bond donors (Lipinski definition) is 1. The van der Waals surface area contributed by atoms with Crippen molar-refractivity contribution in [1.82, 2.24) is 4.90 Å². The number of carbonyl (C=O) groups excluding carboxylic acids is 2. The van der Waals surface area contributed by atoms with E-state index in [0.29, 0.717) is 5.57 Å². The number of imide groups is 1. The van der Waals surface area contributed by atoms with E-state index in [9.17, 15) is 19.5 Å². The molecule has 1 atom stereocenters. The molecule has 0 bridgehead atoms. The maximum Gasteiger partial charge on any atom is 0.418 e. The summed E-state index contributed by atoms with van der Waals surface area (Å²) in [5, 5.41) is 9.34. The highest BCUT2D eigenvalue weighted by Crippen LogP contribution is 2.34. The summed E-state index contributed by atoms with van der Waals surface area (Å²) >= 11 is 0. The van der Waals surface area contributed by atoms with Crippen molar-refractivity contribution >= 4 is 18.0 Å². The highest BCUT2D eigenvalue weighted by atomic mass is 16.6. The predicted octanol–water partition coefficient (Wildman–Crippen LogP) is 2.87. The molecule has 0 unspecified atom stereocenters. The first-order valence-corrected chi connectivity index (χ1v) is 7.71. The second-order valence-electron chi connectivity index (χ2n) is 6.86. The van der Waals surface area contributed by atoms with Crippen LogP contribution in [0.15, 0.2) is 11.1 Å². The Bertz CT molecular complexity index is 521. The van der Waals surface area contributed by atoms with Crippen molar-refractivity contribution in [2.75, 3.05) is 0 Å². The minimum atomic E-state index is -1.18. The molecular weight excluding hydrogens is 286 g/mol. The Hall–Kier alpha value is -1.85. The van der Waals surface area contributed by atoms with Gasteiger partial charge in [0.2, 0.25) is 0 Å². The molecule has 0 spiro atoms. The highest BCUT2D eigenvalue weighted by molar-refractivity contribution is 6.09. The van der Waals surface area contributed by atoms with E-state index >= 15 is 0 Å². The summed E-state index contributed by atoms with van der Waals surface area (Å²) in [6, 6.07) is -1.16. The standard InChI is InChI=1S/C16H23NO5/c1-16(2,3)22-15(21)17-12(14(19)20)9-11(13(17)18)10-7-5-4-6-8-10/h12H,4-9H2,1-3H3,(H,19,20)/t12-/m0/s1. The van der Waals surface area contributed by atoms with E-state index in [0.717, 1.165) is 42.6 Å². The first-order valence-electron chi connectivity index (χ1n) is 7.71. The molecule has 2 aliphatic rings. The number of nitrogens with zero attached hydrogens (tertiary/aromatic N) is 1. The van der Waals surface area contributed by atoms with Crippen LogP contribution in [0.25, 0.3) is 0 Å². The van der Waals surface area contributed by atoms with Gasteiger partial charge in [-0.3, -0.25) is 4.79 Å². The summed E-state index contributed by atoms with van der Waals surface area (Å²) in [4.78, 5) is 37.0. The number of carboxylic acids is 1. The third-order valence-electron chi connectivity index (χ3n) is 3.95. The molecule has 6 nitrogen and oxygen atoms in total. The van der Waals surface area contributed by atoms with Crippen LogP contribution in [-0.4, -0.2) is 39.6 Å². The largest absolute Gasteiger partial charge is 0.480 e. The van der Waals surface area contributed by atoms with E-state index in [1.54, 1.807) is 20.8 Å². The number of allylic oxidation sites excluding steroid dienone is 1. The molecule has 0 aromatic heterocycles. The molecule has 0 radical (unpaired) electrons. The van der Waals surface area contributed by atoms with Gasteiger partial charge in [0.25, 0.3) is 5.91 Å². The Morgan fingerprint density at radius 3 is 2.27 bits per heavy atom. The Morgan fingerprint density at radius 1 is 1.18 bits per heavy atom. The smallest absolute Gasteiger partial charge is 0.418 e. The Balaban J connectivity index is 2.29. The average molecular weight is 309 g/mol. The van der Waals surface area contributed by atoms with E-state index in [1.807, 2.05) is 0 Å². The zero-order chi connectivity index (χ0) is 16.5. The van der Waals surface area contributed by atoms with Crippen molar-refractivity contribution in [3.8, 4) is 0 Å². The van der Waals surface area contributed by atoms with Crippen molar-refractivity contribution in [2.24, 2.45) is 0 Å². The first kappa shape index (κ1) is 16.5. The fraction of sp³-hybridized carbons (Fsp3) is 0.688. The molecule has 2 rings (SSSR count). The van der Waals surface area contributed by atoms with Crippen LogP contribution in [0.1, 0.15) is 59.3 Å². The van der Waals surface area contributed by atoms with Gasteiger partial charge in [0, 0.05) is 12.0 Å². The highest BCUT2D eigenvalue weighted by Gasteiger charge is 2.46. The molecule has 1 heterocycles. The van der Waals surface area contributed by atoms with E-state index < -0.39 is 29.6 Å². The maximum atomic E-state index is 12.6. The molecule has 122 valence electrons. The first-order chi connectivity index (χ1) is 10.2. The molecule has 1 aliphatic carbocycles. The van der Waals surface area contributed by atoms with Crippen LogP contribution in [0.2, 0.25) is 0 Å². The molecule has 0 aromatic rings. The molecule has 1 aliphatic heterocycles. The molecule has 1 saturated heterocycles. The molecule has 2 fully saturated rings. The van der Waals surface area contributed by atoms with Gasteiger partial charge in [-0.25, -0.2) is 14.5 Å². The van der Waals surface area contributed by atoms with Crippen LogP contribution < -0.4 is 0 Å². The lowest BCUT2D eigenvalue weighted by molar-refractivity contribution is -0.145. The van der Waals surface area contributed by atoms with E-state index in [2.05, 4.69) is 0 Å². The summed E-state index contributed by atoms with van der Waals surface area (Å²) < 4.78 is 5.19. The predicted molar refractivity (Wildman–Crippen MR) is 79.2 cm³/mol. The Kier molecular flexibility index (Phi) is 4.58. The third-order valence-corrected chi connectivity index (χ3v) is 3.95. The van der Waals surface area contributed by atoms with Crippen LogP contribution in [-0.2, 0) is 14.3 Å². The molecule has 22 heavy (non-hydrogen) atoms. The van der Waals surface area contributed by atoms with Gasteiger partial charge in [-0.2, -0.15) is 0 Å². The van der Waals surface area contributed by atoms with Gasteiger partial charge in [-0.15, -0.1) is 0 Å². The van der Waals surface area contributed by atoms with Crippen LogP contribution in [0.5, 0.6) is 0 Å². The van der Waals surface area contributed by atoms with Crippen LogP contribution in [0, 0.1) is 0 Å². The molecular formula is C16H23NO5.